The fourth-order valence-corrected chi connectivity index (χ4v) is 7.18. The standard InChI is InChI=1S/C32H39N5O3/c1-17-12-26(31(33)39)27(36-29(18-2-3-18)19-4-5-19)15-25(17)32(40)35-22-13-23-9-10-24(14-22)37(23)28-11-8-21(16-34-28)30(38)20-6-7-20/h8,11-12,15-16,18-20,22-24,29,36H,2-7,9-10,13-14H2,1H3,(H2,33,39)(H,35,40)/t22-,23+,24-. The molecule has 40 heavy (non-hydrogen) atoms. The maximum absolute atomic E-state index is 13.6. The van der Waals surface area contributed by atoms with Gasteiger partial charge in [0.25, 0.3) is 11.8 Å². The third-order valence-electron chi connectivity index (χ3n) is 9.77. The van der Waals surface area contributed by atoms with Gasteiger partial charge < -0.3 is 21.3 Å². The summed E-state index contributed by atoms with van der Waals surface area (Å²) in [4.78, 5) is 45.3. The van der Waals surface area contributed by atoms with Gasteiger partial charge in [-0.15, -0.1) is 0 Å². The molecule has 3 aliphatic carbocycles. The zero-order valence-electron chi connectivity index (χ0n) is 23.2. The fraction of sp³-hybridized carbons (Fsp3) is 0.562. The van der Waals surface area contributed by atoms with Crippen LogP contribution in [0.1, 0.15) is 101 Å². The van der Waals surface area contributed by atoms with Crippen LogP contribution in [0.3, 0.4) is 0 Å². The summed E-state index contributed by atoms with van der Waals surface area (Å²) in [5.74, 6) is 2.09. The minimum absolute atomic E-state index is 0.0780. The van der Waals surface area contributed by atoms with Gasteiger partial charge in [-0.2, -0.15) is 0 Å². The van der Waals surface area contributed by atoms with E-state index in [0.717, 1.165) is 49.9 Å². The van der Waals surface area contributed by atoms with Gasteiger partial charge in [-0.05, 0) is 113 Å². The maximum Gasteiger partial charge on any atom is 0.251 e. The number of piperidine rings is 1. The van der Waals surface area contributed by atoms with Crippen LogP contribution in [0.5, 0.6) is 0 Å². The van der Waals surface area contributed by atoms with E-state index in [1.807, 2.05) is 25.1 Å². The number of nitrogens with one attached hydrogen (secondary N) is 2. The highest BCUT2D eigenvalue weighted by molar-refractivity contribution is 6.03. The summed E-state index contributed by atoms with van der Waals surface area (Å²) in [6, 6.07) is 8.60. The van der Waals surface area contributed by atoms with Crippen LogP contribution in [0.25, 0.3) is 0 Å². The number of amides is 2. The van der Waals surface area contributed by atoms with E-state index in [4.69, 9.17) is 5.73 Å². The second-order valence-corrected chi connectivity index (χ2v) is 12.9. The van der Waals surface area contributed by atoms with Gasteiger partial charge in [0.05, 0.1) is 5.56 Å². The molecule has 3 heterocycles. The lowest BCUT2D eigenvalue weighted by Crippen LogP contribution is -2.50. The number of ketones is 1. The maximum atomic E-state index is 13.6. The molecular weight excluding hydrogens is 502 g/mol. The number of anilines is 2. The molecule has 7 rings (SSSR count). The van der Waals surface area contributed by atoms with Crippen LogP contribution in [0, 0.1) is 24.7 Å². The molecule has 0 unspecified atom stereocenters. The van der Waals surface area contributed by atoms with Crippen molar-refractivity contribution in [2.45, 2.75) is 95.3 Å². The molecule has 5 fully saturated rings. The molecular formula is C32H39N5O3. The van der Waals surface area contributed by atoms with Gasteiger partial charge >= 0.3 is 0 Å². The topological polar surface area (TPSA) is 117 Å². The number of carbonyl (C=O) groups excluding carboxylic acids is 3. The number of rotatable bonds is 10. The first-order valence-corrected chi connectivity index (χ1v) is 15.2. The number of benzene rings is 1. The minimum Gasteiger partial charge on any atom is -0.381 e. The Morgan fingerprint density at radius 3 is 2.15 bits per heavy atom. The van der Waals surface area contributed by atoms with E-state index in [1.165, 1.54) is 25.7 Å². The Hall–Kier alpha value is -3.42. The van der Waals surface area contributed by atoms with E-state index in [9.17, 15) is 14.4 Å². The van der Waals surface area contributed by atoms with E-state index in [0.29, 0.717) is 52.3 Å². The summed E-state index contributed by atoms with van der Waals surface area (Å²) < 4.78 is 0. The number of Topliss-reactive ketones (excluding diaryl/α,β-unsaturated/α-hetero) is 1. The molecule has 3 atom stereocenters. The first-order valence-electron chi connectivity index (χ1n) is 15.2. The molecule has 2 amide bonds. The van der Waals surface area contributed by atoms with Crippen molar-refractivity contribution >= 4 is 29.1 Å². The number of fused-ring (bicyclic) bond motifs is 2. The molecule has 1 aromatic carbocycles. The van der Waals surface area contributed by atoms with E-state index in [1.54, 1.807) is 12.3 Å². The summed E-state index contributed by atoms with van der Waals surface area (Å²) in [6.45, 7) is 1.87. The molecule has 5 aliphatic rings. The Kier molecular flexibility index (Phi) is 6.32. The summed E-state index contributed by atoms with van der Waals surface area (Å²) in [5.41, 5.74) is 8.98. The zero-order valence-corrected chi connectivity index (χ0v) is 23.2. The molecule has 0 spiro atoms. The highest BCUT2D eigenvalue weighted by atomic mass is 16.2. The number of primary amides is 1. The van der Waals surface area contributed by atoms with Crippen LogP contribution < -0.4 is 21.3 Å². The lowest BCUT2D eigenvalue weighted by Gasteiger charge is -2.40. The number of nitrogens with two attached hydrogens (primary N) is 1. The van der Waals surface area contributed by atoms with Gasteiger partial charge in [0, 0.05) is 53.1 Å². The predicted molar refractivity (Wildman–Crippen MR) is 154 cm³/mol. The van der Waals surface area contributed by atoms with Crippen molar-refractivity contribution in [3.63, 3.8) is 0 Å². The van der Waals surface area contributed by atoms with Crippen molar-refractivity contribution in [3.8, 4) is 0 Å². The molecule has 2 saturated heterocycles. The monoisotopic (exact) mass is 541 g/mol. The molecule has 1 aromatic heterocycles. The molecule has 2 aliphatic heterocycles. The van der Waals surface area contributed by atoms with Crippen molar-refractivity contribution in [1.29, 1.82) is 0 Å². The van der Waals surface area contributed by atoms with Crippen LogP contribution in [0.2, 0.25) is 0 Å². The average molecular weight is 542 g/mol. The van der Waals surface area contributed by atoms with E-state index in [2.05, 4.69) is 20.5 Å². The van der Waals surface area contributed by atoms with Crippen molar-refractivity contribution in [1.82, 2.24) is 10.3 Å². The second-order valence-electron chi connectivity index (χ2n) is 12.9. The normalized spacial score (nSPS) is 25.6. The summed E-state index contributed by atoms with van der Waals surface area (Å²) in [6.07, 6.45) is 12.5. The highest BCUT2D eigenvalue weighted by Gasteiger charge is 2.43. The zero-order chi connectivity index (χ0) is 27.5. The number of hydrogen-bond donors (Lipinski definition) is 3. The number of nitrogens with zero attached hydrogens (tertiary/aromatic N) is 2. The fourth-order valence-electron chi connectivity index (χ4n) is 7.18. The van der Waals surface area contributed by atoms with Crippen molar-refractivity contribution < 1.29 is 14.4 Å². The highest BCUT2D eigenvalue weighted by Crippen LogP contribution is 2.46. The van der Waals surface area contributed by atoms with Crippen LogP contribution >= 0.6 is 0 Å². The molecule has 2 aromatic rings. The predicted octanol–water partition coefficient (Wildman–Crippen LogP) is 4.61. The Morgan fingerprint density at radius 2 is 1.60 bits per heavy atom. The number of pyridine rings is 1. The quantitative estimate of drug-likeness (QED) is 0.378. The lowest BCUT2D eigenvalue weighted by atomic mass is 9.95. The lowest BCUT2D eigenvalue weighted by molar-refractivity contribution is 0.0923. The van der Waals surface area contributed by atoms with E-state index >= 15 is 0 Å². The average Bonchev–Trinajstić information content (AvgIpc) is 3.80. The van der Waals surface area contributed by atoms with Crippen LogP contribution in [0.15, 0.2) is 30.5 Å². The largest absolute Gasteiger partial charge is 0.381 e. The Labute approximate surface area is 235 Å². The van der Waals surface area contributed by atoms with Gasteiger partial charge in [0.2, 0.25) is 0 Å². The minimum atomic E-state index is -0.467. The smallest absolute Gasteiger partial charge is 0.251 e. The molecule has 0 radical (unpaired) electrons. The van der Waals surface area contributed by atoms with Crippen LogP contribution in [-0.2, 0) is 0 Å². The molecule has 2 bridgehead atoms. The van der Waals surface area contributed by atoms with Crippen LogP contribution in [0.4, 0.5) is 11.5 Å². The summed E-state index contributed by atoms with van der Waals surface area (Å²) in [5, 5.41) is 6.95. The van der Waals surface area contributed by atoms with E-state index in [-0.39, 0.29) is 23.7 Å². The van der Waals surface area contributed by atoms with Gasteiger partial charge in [-0.1, -0.05) is 0 Å². The van der Waals surface area contributed by atoms with Gasteiger partial charge in [-0.3, -0.25) is 14.4 Å². The molecule has 210 valence electrons. The van der Waals surface area contributed by atoms with Crippen molar-refractivity contribution in [3.05, 3.63) is 52.7 Å². The summed E-state index contributed by atoms with van der Waals surface area (Å²) >= 11 is 0. The number of aryl methyl sites for hydroxylation is 1. The third-order valence-corrected chi connectivity index (χ3v) is 9.77. The third kappa shape index (κ3) is 4.97. The van der Waals surface area contributed by atoms with E-state index < -0.39 is 5.91 Å². The van der Waals surface area contributed by atoms with Gasteiger partial charge in [-0.25, -0.2) is 4.98 Å². The van der Waals surface area contributed by atoms with Crippen LogP contribution in [-0.4, -0.2) is 46.7 Å². The Balaban J connectivity index is 1.04. The first-order chi connectivity index (χ1) is 19.4. The Bertz CT molecular complexity index is 1320. The number of carbonyl (C=O) groups is 3. The van der Waals surface area contributed by atoms with Gasteiger partial charge in [0.15, 0.2) is 5.78 Å². The number of hydrogen-bond acceptors (Lipinski definition) is 6. The van der Waals surface area contributed by atoms with Gasteiger partial charge in [0.1, 0.15) is 5.82 Å². The molecule has 8 heteroatoms. The molecule has 4 N–H and O–H groups in total. The van der Waals surface area contributed by atoms with Crippen molar-refractivity contribution in [2.24, 2.45) is 23.5 Å². The Morgan fingerprint density at radius 1 is 0.925 bits per heavy atom. The number of aromatic nitrogens is 1. The van der Waals surface area contributed by atoms with Crippen molar-refractivity contribution in [2.75, 3.05) is 10.2 Å². The SMILES string of the molecule is Cc1cc(C(N)=O)c(NC(C2CC2)C2CC2)cc1C(=O)N[C@H]1C[C@H]2CC[C@@H](C1)N2c1ccc(C(=O)C2CC2)cn1. The summed E-state index contributed by atoms with van der Waals surface area (Å²) in [7, 11) is 0. The molecule has 8 nitrogen and oxygen atoms in total. The first kappa shape index (κ1) is 25.5. The second kappa shape index (κ2) is 9.89. The molecule has 3 saturated carbocycles.